The van der Waals surface area contributed by atoms with E-state index in [4.69, 9.17) is 0 Å². The molecule has 2 radical (unpaired) electrons. The van der Waals surface area contributed by atoms with Crippen molar-refractivity contribution >= 4 is 40.3 Å². The molecular weight excluding hydrogens is 454 g/mol. The van der Waals surface area contributed by atoms with Crippen LogP contribution in [0.4, 0.5) is 0 Å². The summed E-state index contributed by atoms with van der Waals surface area (Å²) in [6.07, 6.45) is 0. The third kappa shape index (κ3) is 3.82. The van der Waals surface area contributed by atoms with E-state index < -0.39 is 0 Å². The van der Waals surface area contributed by atoms with Gasteiger partial charge in [0.2, 0.25) is 0 Å². The molecule has 0 spiro atoms. The van der Waals surface area contributed by atoms with E-state index in [2.05, 4.69) is 65.8 Å². The van der Waals surface area contributed by atoms with Gasteiger partial charge in [0.05, 0.1) is 0 Å². The quantitative estimate of drug-likeness (QED) is 0.586. The first-order valence-corrected chi connectivity index (χ1v) is 20.9. The number of benzene rings is 2. The number of rotatable bonds is 2. The summed E-state index contributed by atoms with van der Waals surface area (Å²) in [7, 11) is 0. The van der Waals surface area contributed by atoms with Gasteiger partial charge in [-0.15, -0.1) is 0 Å². The van der Waals surface area contributed by atoms with Gasteiger partial charge >= 0.3 is 139 Å². The third-order valence-electron chi connectivity index (χ3n) is 3.67. The second-order valence-electron chi connectivity index (χ2n) is 5.80. The Morgan fingerprint density at radius 1 is 0.500 bits per heavy atom. The molecule has 0 aromatic heterocycles. The van der Waals surface area contributed by atoms with E-state index >= 15 is 0 Å². The molecule has 0 atom stereocenters. The molecule has 0 aliphatic carbocycles. The van der Waals surface area contributed by atoms with Crippen LogP contribution in [0.5, 0.6) is 0 Å². The van der Waals surface area contributed by atoms with E-state index in [0.29, 0.717) is 0 Å². The maximum absolute atomic E-state index is 2.37. The maximum atomic E-state index is 2.37. The van der Waals surface area contributed by atoms with Crippen LogP contribution in [0.1, 0.15) is 33.4 Å². The van der Waals surface area contributed by atoms with Crippen LogP contribution in [0.2, 0.25) is 0 Å². The number of hydrogen-bond donors (Lipinski definition) is 0. The van der Waals surface area contributed by atoms with Crippen LogP contribution >= 0.6 is 0 Å². The minimum absolute atomic E-state index is 0.378. The van der Waals surface area contributed by atoms with Crippen LogP contribution in [0.25, 0.3) is 0 Å². The summed E-state index contributed by atoms with van der Waals surface area (Å²) >= 11 is -0.756. The Balaban J connectivity index is 2.45. The van der Waals surface area contributed by atoms with Crippen molar-refractivity contribution in [1.82, 2.24) is 0 Å². The molecule has 0 aliphatic rings. The zero-order valence-corrected chi connectivity index (χ0v) is 19.0. The second kappa shape index (κ2) is 6.86. The third-order valence-corrected chi connectivity index (χ3v) is 21.9. The summed E-state index contributed by atoms with van der Waals surface area (Å²) in [6.45, 7) is 13.7. The molecule has 0 saturated heterocycles. The van der Waals surface area contributed by atoms with Gasteiger partial charge in [0.1, 0.15) is 0 Å². The zero-order chi connectivity index (χ0) is 14.9. The Morgan fingerprint density at radius 3 is 1.00 bits per heavy atom. The van der Waals surface area contributed by atoms with E-state index in [1.165, 1.54) is 11.1 Å². The second-order valence-corrected chi connectivity index (χ2v) is 19.7. The molecule has 0 N–H and O–H groups in total. The SMILES string of the molecule is Cc1cc(C)[c]([Sn]=[Sn][c]2c(C)cc(C)cc2C)c(C)c1. The van der Waals surface area contributed by atoms with Crippen LogP contribution in [0.15, 0.2) is 24.3 Å². The molecule has 102 valence electrons. The van der Waals surface area contributed by atoms with Crippen molar-refractivity contribution in [3.8, 4) is 0 Å². The van der Waals surface area contributed by atoms with Gasteiger partial charge < -0.3 is 0 Å². The average molecular weight is 476 g/mol. The minimum atomic E-state index is -0.378. The fourth-order valence-corrected chi connectivity index (χ4v) is 26.6. The molecule has 0 amide bonds. The normalized spacial score (nSPS) is 11.3. The van der Waals surface area contributed by atoms with Gasteiger partial charge in [-0.05, 0) is 0 Å². The van der Waals surface area contributed by atoms with Crippen molar-refractivity contribution in [2.45, 2.75) is 41.5 Å². The molecule has 2 aromatic carbocycles. The van der Waals surface area contributed by atoms with Crippen molar-refractivity contribution in [2.75, 3.05) is 0 Å². The molecule has 0 unspecified atom stereocenters. The number of hydrogen-bond acceptors (Lipinski definition) is 0. The molecule has 0 saturated carbocycles. The van der Waals surface area contributed by atoms with Crippen molar-refractivity contribution in [3.05, 3.63) is 57.6 Å². The first kappa shape index (κ1) is 16.4. The van der Waals surface area contributed by atoms with Gasteiger partial charge in [-0.1, -0.05) is 0 Å². The predicted octanol–water partition coefficient (Wildman–Crippen LogP) is 2.81. The van der Waals surface area contributed by atoms with E-state index in [0.717, 1.165) is 0 Å². The summed E-state index contributed by atoms with van der Waals surface area (Å²) in [6, 6.07) is 9.49. The Bertz CT molecular complexity index is 576. The van der Waals surface area contributed by atoms with Gasteiger partial charge in [0.25, 0.3) is 0 Å². The van der Waals surface area contributed by atoms with Crippen molar-refractivity contribution in [3.63, 3.8) is 0 Å². The van der Waals surface area contributed by atoms with Gasteiger partial charge in [0, 0.05) is 0 Å². The van der Waals surface area contributed by atoms with Crippen LogP contribution in [-0.2, 0) is 0 Å². The fraction of sp³-hybridized carbons (Fsp3) is 0.333. The predicted molar refractivity (Wildman–Crippen MR) is 92.1 cm³/mol. The van der Waals surface area contributed by atoms with Crippen molar-refractivity contribution < 1.29 is 0 Å². The van der Waals surface area contributed by atoms with Crippen LogP contribution < -0.4 is 7.16 Å². The first-order chi connectivity index (χ1) is 9.38. The molecule has 0 aliphatic heterocycles. The molecule has 0 bridgehead atoms. The Labute approximate surface area is 138 Å². The molecule has 0 fully saturated rings. The van der Waals surface area contributed by atoms with E-state index in [1.807, 2.05) is 0 Å². The standard InChI is InChI=1S/2C9H11.2Sn/c2*1-7-4-8(2)6-9(3)5-7;;/h2*4-5H,1-3H3;;. The summed E-state index contributed by atoms with van der Waals surface area (Å²) in [4.78, 5) is 0. The molecular formula is C18H22Sn2. The topological polar surface area (TPSA) is 0 Å². The van der Waals surface area contributed by atoms with Crippen molar-refractivity contribution in [1.29, 1.82) is 0 Å². The van der Waals surface area contributed by atoms with Crippen LogP contribution in [0.3, 0.4) is 0 Å². The summed E-state index contributed by atoms with van der Waals surface area (Å²) in [5, 5.41) is 0. The zero-order valence-electron chi connectivity index (χ0n) is 13.3. The Hall–Kier alpha value is 0.0374. The molecule has 20 heavy (non-hydrogen) atoms. The Morgan fingerprint density at radius 2 is 0.750 bits per heavy atom. The van der Waals surface area contributed by atoms with Crippen LogP contribution in [0, 0.1) is 41.5 Å². The summed E-state index contributed by atoms with van der Waals surface area (Å²) < 4.78 is 3.54. The summed E-state index contributed by atoms with van der Waals surface area (Å²) in [5.41, 5.74) is 9.04. The van der Waals surface area contributed by atoms with Gasteiger partial charge in [-0.3, -0.25) is 0 Å². The Kier molecular flexibility index (Phi) is 5.63. The molecule has 2 rings (SSSR count). The van der Waals surface area contributed by atoms with E-state index in [1.54, 1.807) is 29.4 Å². The van der Waals surface area contributed by atoms with Crippen molar-refractivity contribution in [2.24, 2.45) is 0 Å². The van der Waals surface area contributed by atoms with E-state index in [-0.39, 0.29) is 33.1 Å². The van der Waals surface area contributed by atoms with Gasteiger partial charge in [0.15, 0.2) is 0 Å². The average Bonchev–Trinajstić information content (AvgIpc) is 2.30. The van der Waals surface area contributed by atoms with Gasteiger partial charge in [-0.25, -0.2) is 0 Å². The van der Waals surface area contributed by atoms with Crippen LogP contribution in [-0.4, -0.2) is 33.1 Å². The van der Waals surface area contributed by atoms with Gasteiger partial charge in [-0.2, -0.15) is 0 Å². The molecule has 0 nitrogen and oxygen atoms in total. The fourth-order valence-electron chi connectivity index (χ4n) is 2.88. The molecule has 2 heteroatoms. The summed E-state index contributed by atoms with van der Waals surface area (Å²) in [5.74, 6) is 0. The first-order valence-electron chi connectivity index (χ1n) is 7.06. The van der Waals surface area contributed by atoms with E-state index in [9.17, 15) is 0 Å². The monoisotopic (exact) mass is 478 g/mol. The molecule has 2 aromatic rings. The molecule has 0 heterocycles. The number of aryl methyl sites for hydroxylation is 6.